The molecule has 0 spiro atoms. The van der Waals surface area contributed by atoms with Crippen molar-refractivity contribution >= 4 is 11.6 Å². The molecule has 3 nitrogen and oxygen atoms in total. The minimum absolute atomic E-state index is 0.0306. The maximum atomic E-state index is 12.4. The van der Waals surface area contributed by atoms with Gasteiger partial charge in [0.25, 0.3) is 5.91 Å². The van der Waals surface area contributed by atoms with E-state index in [1.165, 1.54) is 0 Å². The largest absolute Gasteiger partial charge is 0.358 e. The van der Waals surface area contributed by atoms with Gasteiger partial charge in [-0.3, -0.25) is 4.79 Å². The lowest BCUT2D eigenvalue weighted by Crippen LogP contribution is -2.58. The van der Waals surface area contributed by atoms with Crippen LogP contribution in [0.1, 0.15) is 29.8 Å². The van der Waals surface area contributed by atoms with Crippen LogP contribution in [-0.2, 0) is 5.66 Å². The van der Waals surface area contributed by atoms with Crippen molar-refractivity contribution in [3.8, 4) is 0 Å². The van der Waals surface area contributed by atoms with Crippen LogP contribution in [0.4, 0.5) is 5.69 Å². The summed E-state index contributed by atoms with van der Waals surface area (Å²) < 4.78 is 0. The first-order valence-electron chi connectivity index (χ1n) is 6.89. The van der Waals surface area contributed by atoms with Crippen molar-refractivity contribution in [1.82, 2.24) is 5.32 Å². The maximum absolute atomic E-state index is 12.4. The molecule has 1 atom stereocenters. The summed E-state index contributed by atoms with van der Waals surface area (Å²) in [6.45, 7) is 4.21. The molecule has 0 bridgehead atoms. The molecular weight excluding hydrogens is 248 g/mol. The second kappa shape index (κ2) is 4.67. The Balaban J connectivity index is 2.14. The van der Waals surface area contributed by atoms with Gasteiger partial charge in [-0.25, -0.2) is 0 Å². The number of nitrogens with one attached hydrogen (secondary N) is 2. The van der Waals surface area contributed by atoms with Gasteiger partial charge in [0.1, 0.15) is 5.66 Å². The summed E-state index contributed by atoms with van der Waals surface area (Å²) >= 11 is 0. The summed E-state index contributed by atoms with van der Waals surface area (Å²) in [7, 11) is 0. The zero-order chi connectivity index (χ0) is 14.2. The molecule has 1 aliphatic rings. The van der Waals surface area contributed by atoms with Gasteiger partial charge >= 0.3 is 0 Å². The number of fused-ring (bicyclic) bond motifs is 1. The molecule has 3 rings (SSSR count). The minimum Gasteiger partial charge on any atom is -0.358 e. The van der Waals surface area contributed by atoms with Gasteiger partial charge in [-0.2, -0.15) is 0 Å². The van der Waals surface area contributed by atoms with E-state index in [0.717, 1.165) is 11.3 Å². The SMILES string of the molecule is CC(C)C1(c2ccccc2)NC(=O)c2ccccc2N1. The molecule has 1 unspecified atom stereocenters. The third-order valence-electron chi connectivity index (χ3n) is 3.91. The lowest BCUT2D eigenvalue weighted by Gasteiger charge is -2.44. The number of carbonyl (C=O) groups excluding carboxylic acids is 1. The molecule has 2 aromatic rings. The molecule has 2 aromatic carbocycles. The number of benzene rings is 2. The number of carbonyl (C=O) groups is 1. The van der Waals surface area contributed by atoms with E-state index in [1.54, 1.807) is 0 Å². The Bertz CT molecular complexity index is 636. The van der Waals surface area contributed by atoms with E-state index in [4.69, 9.17) is 0 Å². The van der Waals surface area contributed by atoms with Gasteiger partial charge in [0.15, 0.2) is 0 Å². The second-order valence-corrected chi connectivity index (χ2v) is 5.45. The topological polar surface area (TPSA) is 41.1 Å². The Kier molecular flexibility index (Phi) is 2.97. The first-order valence-corrected chi connectivity index (χ1v) is 6.89. The van der Waals surface area contributed by atoms with E-state index in [2.05, 4.69) is 24.5 Å². The highest BCUT2D eigenvalue weighted by Gasteiger charge is 2.41. The number of amides is 1. The quantitative estimate of drug-likeness (QED) is 0.875. The molecule has 0 aromatic heterocycles. The standard InChI is InChI=1S/C17H18N2O/c1-12(2)17(13-8-4-3-5-9-13)18-15-11-7-6-10-14(15)16(20)19-17/h3-12,18H,1-2H3,(H,19,20). The van der Waals surface area contributed by atoms with Crippen LogP contribution in [0.15, 0.2) is 54.6 Å². The molecule has 1 heterocycles. The number of para-hydroxylation sites is 1. The van der Waals surface area contributed by atoms with Crippen LogP contribution in [0.25, 0.3) is 0 Å². The van der Waals surface area contributed by atoms with E-state index in [1.807, 2.05) is 54.6 Å². The first kappa shape index (κ1) is 12.7. The second-order valence-electron chi connectivity index (χ2n) is 5.45. The van der Waals surface area contributed by atoms with Crippen molar-refractivity contribution in [2.45, 2.75) is 19.5 Å². The fourth-order valence-corrected chi connectivity index (χ4v) is 2.75. The van der Waals surface area contributed by atoms with Gasteiger partial charge in [-0.1, -0.05) is 56.3 Å². The molecule has 0 fully saturated rings. The Morgan fingerprint density at radius 3 is 2.25 bits per heavy atom. The summed E-state index contributed by atoms with van der Waals surface area (Å²) in [6, 6.07) is 17.7. The van der Waals surface area contributed by atoms with Crippen LogP contribution in [0.5, 0.6) is 0 Å². The average Bonchev–Trinajstić information content (AvgIpc) is 2.48. The smallest absolute Gasteiger partial charge is 0.255 e. The van der Waals surface area contributed by atoms with Gasteiger partial charge < -0.3 is 10.6 Å². The van der Waals surface area contributed by atoms with E-state index in [0.29, 0.717) is 5.56 Å². The van der Waals surface area contributed by atoms with Crippen molar-refractivity contribution in [3.05, 3.63) is 65.7 Å². The highest BCUT2D eigenvalue weighted by molar-refractivity contribution is 6.02. The predicted octanol–water partition coefficient (Wildman–Crippen LogP) is 3.35. The van der Waals surface area contributed by atoms with Crippen molar-refractivity contribution < 1.29 is 4.79 Å². The zero-order valence-corrected chi connectivity index (χ0v) is 11.7. The van der Waals surface area contributed by atoms with Gasteiger partial charge in [0.2, 0.25) is 0 Å². The molecule has 0 radical (unpaired) electrons. The van der Waals surface area contributed by atoms with Crippen LogP contribution < -0.4 is 10.6 Å². The molecule has 102 valence electrons. The van der Waals surface area contributed by atoms with Crippen LogP contribution in [0.3, 0.4) is 0 Å². The highest BCUT2D eigenvalue weighted by atomic mass is 16.2. The average molecular weight is 266 g/mol. The van der Waals surface area contributed by atoms with Crippen molar-refractivity contribution in [3.63, 3.8) is 0 Å². The molecule has 0 saturated carbocycles. The maximum Gasteiger partial charge on any atom is 0.255 e. The number of anilines is 1. The van der Waals surface area contributed by atoms with Crippen molar-refractivity contribution in [2.24, 2.45) is 5.92 Å². The number of rotatable bonds is 2. The predicted molar refractivity (Wildman–Crippen MR) is 80.5 cm³/mol. The van der Waals surface area contributed by atoms with Crippen LogP contribution in [0, 0.1) is 5.92 Å². The summed E-state index contributed by atoms with van der Waals surface area (Å²) in [6.07, 6.45) is 0. The number of hydrogen-bond donors (Lipinski definition) is 2. The van der Waals surface area contributed by atoms with Crippen molar-refractivity contribution in [2.75, 3.05) is 5.32 Å². The highest BCUT2D eigenvalue weighted by Crippen LogP contribution is 2.36. The van der Waals surface area contributed by atoms with Crippen LogP contribution in [-0.4, -0.2) is 5.91 Å². The fraction of sp³-hybridized carbons (Fsp3) is 0.235. The zero-order valence-electron chi connectivity index (χ0n) is 11.7. The van der Waals surface area contributed by atoms with Crippen LogP contribution in [0.2, 0.25) is 0 Å². The molecule has 1 aliphatic heterocycles. The summed E-state index contributed by atoms with van der Waals surface area (Å²) in [5, 5.41) is 6.68. The first-order chi connectivity index (χ1) is 9.63. The Hall–Kier alpha value is -2.29. The number of hydrogen-bond acceptors (Lipinski definition) is 2. The summed E-state index contributed by atoms with van der Waals surface area (Å²) in [5.41, 5.74) is 2.08. The van der Waals surface area contributed by atoms with Crippen molar-refractivity contribution in [1.29, 1.82) is 0 Å². The van der Waals surface area contributed by atoms with Gasteiger partial charge in [0, 0.05) is 5.69 Å². The molecule has 0 saturated heterocycles. The van der Waals surface area contributed by atoms with Gasteiger partial charge in [0.05, 0.1) is 5.56 Å². The third kappa shape index (κ3) is 1.86. The molecule has 20 heavy (non-hydrogen) atoms. The van der Waals surface area contributed by atoms with E-state index in [9.17, 15) is 4.79 Å². The molecule has 2 N–H and O–H groups in total. The molecule has 0 aliphatic carbocycles. The Labute approximate surface area is 119 Å². The lowest BCUT2D eigenvalue weighted by atomic mass is 9.85. The monoisotopic (exact) mass is 266 g/mol. The van der Waals surface area contributed by atoms with E-state index < -0.39 is 5.66 Å². The Morgan fingerprint density at radius 1 is 0.900 bits per heavy atom. The molecular formula is C17H18N2O. The summed E-state index contributed by atoms with van der Waals surface area (Å²) in [4.78, 5) is 12.4. The minimum atomic E-state index is -0.563. The third-order valence-corrected chi connectivity index (χ3v) is 3.91. The van der Waals surface area contributed by atoms with Gasteiger partial charge in [-0.15, -0.1) is 0 Å². The summed E-state index contributed by atoms with van der Waals surface area (Å²) in [5.74, 6) is 0.180. The lowest BCUT2D eigenvalue weighted by molar-refractivity contribution is 0.0869. The van der Waals surface area contributed by atoms with E-state index >= 15 is 0 Å². The fourth-order valence-electron chi connectivity index (χ4n) is 2.75. The molecule has 3 heteroatoms. The van der Waals surface area contributed by atoms with Crippen LogP contribution >= 0.6 is 0 Å². The Morgan fingerprint density at radius 2 is 1.55 bits per heavy atom. The molecule has 1 amide bonds. The van der Waals surface area contributed by atoms with Gasteiger partial charge in [-0.05, 0) is 23.6 Å². The van der Waals surface area contributed by atoms with E-state index in [-0.39, 0.29) is 11.8 Å². The normalized spacial score (nSPS) is 21.1.